The molecule has 2 rings (SSSR count). The van der Waals surface area contributed by atoms with E-state index in [9.17, 15) is 9.59 Å². The molecule has 2 amide bonds. The number of carboxylic acid groups (broad SMARTS) is 1. The number of hydrogen-bond donors (Lipinski definition) is 3. The second kappa shape index (κ2) is 6.79. The van der Waals surface area contributed by atoms with E-state index in [0.29, 0.717) is 12.2 Å². The zero-order valence-electron chi connectivity index (χ0n) is 11.3. The molecule has 21 heavy (non-hydrogen) atoms. The van der Waals surface area contributed by atoms with Crippen LogP contribution in [-0.4, -0.2) is 23.7 Å². The minimum absolute atomic E-state index is 0.105. The number of urea groups is 1. The van der Waals surface area contributed by atoms with Crippen LogP contribution in [0.5, 0.6) is 0 Å². The lowest BCUT2D eigenvalue weighted by Gasteiger charge is -2.40. The first kappa shape index (κ1) is 16.3. The standard InChI is InChI=1S/C14H16Br2N2O3/c15-9-2-3-10(16)11(6-9)18-13(21)17-8-14(4-1-5-14)7-12(19)20/h2-3,6H,1,4-5,7-8H2,(H,19,20)(H2,17,18,21). The van der Waals surface area contributed by atoms with Crippen LogP contribution in [0.2, 0.25) is 0 Å². The van der Waals surface area contributed by atoms with Gasteiger partial charge in [-0.2, -0.15) is 0 Å². The number of carboxylic acids is 1. The minimum Gasteiger partial charge on any atom is -0.481 e. The van der Waals surface area contributed by atoms with E-state index in [0.717, 1.165) is 28.2 Å². The van der Waals surface area contributed by atoms with Crippen LogP contribution in [-0.2, 0) is 4.79 Å². The molecular weight excluding hydrogens is 404 g/mol. The maximum absolute atomic E-state index is 11.9. The summed E-state index contributed by atoms with van der Waals surface area (Å²) in [6.07, 6.45) is 2.82. The predicted molar refractivity (Wildman–Crippen MR) is 87.4 cm³/mol. The quantitative estimate of drug-likeness (QED) is 0.675. The number of carbonyl (C=O) groups excluding carboxylic acids is 1. The predicted octanol–water partition coefficient (Wildman–Crippen LogP) is 3.98. The molecule has 1 aromatic rings. The van der Waals surface area contributed by atoms with Gasteiger partial charge >= 0.3 is 12.0 Å². The third kappa shape index (κ3) is 4.44. The third-order valence-electron chi connectivity index (χ3n) is 3.74. The molecule has 3 N–H and O–H groups in total. The number of rotatable bonds is 5. The number of amides is 2. The summed E-state index contributed by atoms with van der Waals surface area (Å²) in [6.45, 7) is 0.386. The first-order valence-electron chi connectivity index (χ1n) is 6.62. The van der Waals surface area contributed by atoms with Crippen molar-refractivity contribution in [1.29, 1.82) is 0 Å². The van der Waals surface area contributed by atoms with Gasteiger partial charge in [0.25, 0.3) is 0 Å². The van der Waals surface area contributed by atoms with E-state index >= 15 is 0 Å². The molecule has 1 saturated carbocycles. The summed E-state index contributed by atoms with van der Waals surface area (Å²) in [6, 6.07) is 5.16. The number of halogens is 2. The molecule has 7 heteroatoms. The van der Waals surface area contributed by atoms with Crippen LogP contribution in [0.15, 0.2) is 27.1 Å². The van der Waals surface area contributed by atoms with Crippen molar-refractivity contribution < 1.29 is 14.7 Å². The summed E-state index contributed by atoms with van der Waals surface area (Å²) >= 11 is 6.71. The number of nitrogens with one attached hydrogen (secondary N) is 2. The summed E-state index contributed by atoms with van der Waals surface area (Å²) in [5.74, 6) is -0.813. The molecule has 114 valence electrons. The Labute approximate surface area is 139 Å². The molecule has 1 aliphatic carbocycles. The van der Waals surface area contributed by atoms with Crippen molar-refractivity contribution in [2.75, 3.05) is 11.9 Å². The summed E-state index contributed by atoms with van der Waals surface area (Å²) in [4.78, 5) is 22.8. The molecule has 0 atom stereocenters. The minimum atomic E-state index is -0.813. The van der Waals surface area contributed by atoms with Gasteiger partial charge in [0, 0.05) is 15.5 Å². The van der Waals surface area contributed by atoms with E-state index in [4.69, 9.17) is 5.11 Å². The number of hydrogen-bond acceptors (Lipinski definition) is 2. The van der Waals surface area contributed by atoms with Crippen molar-refractivity contribution in [1.82, 2.24) is 5.32 Å². The lowest BCUT2D eigenvalue weighted by atomic mass is 9.66. The highest BCUT2D eigenvalue weighted by molar-refractivity contribution is 9.11. The van der Waals surface area contributed by atoms with Crippen molar-refractivity contribution in [2.45, 2.75) is 25.7 Å². The van der Waals surface area contributed by atoms with Gasteiger partial charge in [-0.15, -0.1) is 0 Å². The fourth-order valence-corrected chi connectivity index (χ4v) is 3.15. The van der Waals surface area contributed by atoms with E-state index in [1.54, 1.807) is 6.07 Å². The second-order valence-electron chi connectivity index (χ2n) is 5.36. The molecule has 0 heterocycles. The second-order valence-corrected chi connectivity index (χ2v) is 7.13. The Bertz CT molecular complexity index is 559. The highest BCUT2D eigenvalue weighted by Crippen LogP contribution is 2.43. The van der Waals surface area contributed by atoms with E-state index in [-0.39, 0.29) is 17.9 Å². The molecule has 0 saturated heterocycles. The monoisotopic (exact) mass is 418 g/mol. The molecule has 1 aromatic carbocycles. The lowest BCUT2D eigenvalue weighted by Crippen LogP contribution is -2.44. The van der Waals surface area contributed by atoms with Crippen molar-refractivity contribution >= 4 is 49.5 Å². The van der Waals surface area contributed by atoms with Gasteiger partial charge in [-0.05, 0) is 52.4 Å². The third-order valence-corrected chi connectivity index (χ3v) is 4.93. The molecule has 0 unspecified atom stereocenters. The first-order valence-corrected chi connectivity index (χ1v) is 8.21. The van der Waals surface area contributed by atoms with Gasteiger partial charge in [0.15, 0.2) is 0 Å². The maximum Gasteiger partial charge on any atom is 0.319 e. The molecule has 0 spiro atoms. The van der Waals surface area contributed by atoms with Crippen LogP contribution in [0.25, 0.3) is 0 Å². The summed E-state index contributed by atoms with van der Waals surface area (Å²) in [7, 11) is 0. The molecule has 0 radical (unpaired) electrons. The topological polar surface area (TPSA) is 78.4 Å². The number of aliphatic carboxylic acids is 1. The average molecular weight is 420 g/mol. The van der Waals surface area contributed by atoms with Gasteiger partial charge in [-0.25, -0.2) is 4.79 Å². The molecule has 0 aliphatic heterocycles. The van der Waals surface area contributed by atoms with Gasteiger partial charge < -0.3 is 15.7 Å². The number of benzene rings is 1. The molecule has 0 aromatic heterocycles. The normalized spacial score (nSPS) is 15.9. The van der Waals surface area contributed by atoms with Gasteiger partial charge in [0.05, 0.1) is 12.1 Å². The smallest absolute Gasteiger partial charge is 0.319 e. The van der Waals surface area contributed by atoms with Crippen LogP contribution < -0.4 is 10.6 Å². The number of anilines is 1. The largest absolute Gasteiger partial charge is 0.481 e. The van der Waals surface area contributed by atoms with Crippen molar-refractivity contribution in [3.05, 3.63) is 27.1 Å². The van der Waals surface area contributed by atoms with Crippen molar-refractivity contribution in [2.24, 2.45) is 5.41 Å². The van der Waals surface area contributed by atoms with E-state index < -0.39 is 5.97 Å². The lowest BCUT2D eigenvalue weighted by molar-refractivity contribution is -0.141. The van der Waals surface area contributed by atoms with Gasteiger partial charge in [0.1, 0.15) is 0 Å². The zero-order chi connectivity index (χ0) is 15.5. The zero-order valence-corrected chi connectivity index (χ0v) is 14.5. The van der Waals surface area contributed by atoms with E-state index in [2.05, 4.69) is 42.5 Å². The number of carbonyl (C=O) groups is 2. The summed E-state index contributed by atoms with van der Waals surface area (Å²) < 4.78 is 1.65. The Morgan fingerprint density at radius 1 is 1.29 bits per heavy atom. The fraction of sp³-hybridized carbons (Fsp3) is 0.429. The molecule has 0 bridgehead atoms. The van der Waals surface area contributed by atoms with Crippen LogP contribution in [0.3, 0.4) is 0 Å². The Hall–Kier alpha value is -1.08. The molecule has 1 aliphatic rings. The van der Waals surface area contributed by atoms with Gasteiger partial charge in [-0.3, -0.25) is 4.79 Å². The maximum atomic E-state index is 11.9. The SMILES string of the molecule is O=C(O)CC1(CNC(=O)Nc2cc(Br)ccc2Br)CCC1. The van der Waals surface area contributed by atoms with E-state index in [1.165, 1.54) is 0 Å². The molecule has 1 fully saturated rings. The van der Waals surface area contributed by atoms with Crippen LogP contribution in [0.4, 0.5) is 10.5 Å². The summed E-state index contributed by atoms with van der Waals surface area (Å²) in [5, 5.41) is 14.5. The fourth-order valence-electron chi connectivity index (χ4n) is 2.44. The Morgan fingerprint density at radius 3 is 2.57 bits per heavy atom. The highest BCUT2D eigenvalue weighted by Gasteiger charge is 2.39. The van der Waals surface area contributed by atoms with Gasteiger partial charge in [-0.1, -0.05) is 22.4 Å². The molecular formula is C14H16Br2N2O3. The van der Waals surface area contributed by atoms with Crippen LogP contribution in [0.1, 0.15) is 25.7 Å². The highest BCUT2D eigenvalue weighted by atomic mass is 79.9. The Balaban J connectivity index is 1.90. The molecule has 5 nitrogen and oxygen atoms in total. The van der Waals surface area contributed by atoms with Crippen LogP contribution >= 0.6 is 31.9 Å². The van der Waals surface area contributed by atoms with Crippen molar-refractivity contribution in [3.63, 3.8) is 0 Å². The van der Waals surface area contributed by atoms with Crippen LogP contribution in [0, 0.1) is 5.41 Å². The van der Waals surface area contributed by atoms with E-state index in [1.807, 2.05) is 12.1 Å². The van der Waals surface area contributed by atoms with Gasteiger partial charge in [0.2, 0.25) is 0 Å². The summed E-state index contributed by atoms with van der Waals surface area (Å²) in [5.41, 5.74) is 0.375. The van der Waals surface area contributed by atoms with Crippen molar-refractivity contribution in [3.8, 4) is 0 Å². The average Bonchev–Trinajstić information content (AvgIpc) is 2.36. The Morgan fingerprint density at radius 2 is 2.00 bits per heavy atom. The first-order chi connectivity index (χ1) is 9.90. The Kier molecular flexibility index (Phi) is 5.27.